The Kier molecular flexibility index (Phi) is 5.69. The lowest BCUT2D eigenvalue weighted by atomic mass is 9.94. The van der Waals surface area contributed by atoms with Gasteiger partial charge >= 0.3 is 0 Å². The highest BCUT2D eigenvalue weighted by molar-refractivity contribution is 5.92. The molecular weight excluding hydrogens is 379 g/mol. The van der Waals surface area contributed by atoms with Gasteiger partial charge in [0.25, 0.3) is 0 Å². The quantitative estimate of drug-likeness (QED) is 0.547. The van der Waals surface area contributed by atoms with E-state index < -0.39 is 11.9 Å². The van der Waals surface area contributed by atoms with E-state index in [4.69, 9.17) is 15.5 Å². The Bertz CT molecular complexity index is 1170. The van der Waals surface area contributed by atoms with Gasteiger partial charge in [0.15, 0.2) is 17.1 Å². The molecule has 140 valence electrons. The van der Waals surface area contributed by atoms with Crippen molar-refractivity contribution in [3.63, 3.8) is 0 Å². The number of para-hydroxylation sites is 1. The molecule has 0 saturated carbocycles. The van der Waals surface area contributed by atoms with E-state index in [1.807, 2.05) is 48.5 Å². The van der Waals surface area contributed by atoms with Gasteiger partial charge in [-0.3, -0.25) is 0 Å². The predicted molar refractivity (Wildman–Crippen MR) is 106 cm³/mol. The topological polar surface area (TPSA) is 88.7 Å². The monoisotopic (exact) mass is 394 g/mol. The number of pyridine rings is 1. The third-order valence-electron chi connectivity index (χ3n) is 4.43. The van der Waals surface area contributed by atoms with Crippen molar-refractivity contribution >= 4 is 23.4 Å². The van der Waals surface area contributed by atoms with Gasteiger partial charge in [0.2, 0.25) is 0 Å². The maximum Gasteiger partial charge on any atom is 0.176 e. The van der Waals surface area contributed by atoms with Gasteiger partial charge in [0.1, 0.15) is 11.8 Å². The number of hydrogen-bond donors (Lipinski definition) is 1. The lowest BCUT2D eigenvalue weighted by molar-refractivity contribution is 0.459. The van der Waals surface area contributed by atoms with Crippen molar-refractivity contribution in [3.05, 3.63) is 83.4 Å². The van der Waals surface area contributed by atoms with Gasteiger partial charge in [0, 0.05) is 29.1 Å². The van der Waals surface area contributed by atoms with Crippen LogP contribution >= 0.6 is 12.4 Å². The summed E-state index contributed by atoms with van der Waals surface area (Å²) in [5.41, 5.74) is 9.94. The Hall–Kier alpha value is -3.27. The van der Waals surface area contributed by atoms with Crippen LogP contribution in [-0.4, -0.2) is 10.1 Å². The minimum Gasteiger partial charge on any atom is -0.356 e. The molecule has 4 aromatic rings. The van der Waals surface area contributed by atoms with E-state index in [-0.39, 0.29) is 18.1 Å². The molecular formula is C21H16ClFN4O. The summed E-state index contributed by atoms with van der Waals surface area (Å²) in [4.78, 5) is 4.05. The predicted octanol–water partition coefficient (Wildman–Crippen LogP) is 4.56. The Morgan fingerprint density at radius 1 is 1.07 bits per heavy atom. The molecule has 2 aromatic carbocycles. The Balaban J connectivity index is 0.00000225. The van der Waals surface area contributed by atoms with Gasteiger partial charge in [0.05, 0.1) is 0 Å². The number of nitriles is 1. The number of hydrogen-bond acceptors (Lipinski definition) is 5. The van der Waals surface area contributed by atoms with Gasteiger partial charge < -0.3 is 10.3 Å². The van der Waals surface area contributed by atoms with Gasteiger partial charge in [-0.05, 0) is 29.8 Å². The molecule has 0 spiro atoms. The summed E-state index contributed by atoms with van der Waals surface area (Å²) in [7, 11) is 0. The Morgan fingerprint density at radius 2 is 1.82 bits per heavy atom. The third-order valence-corrected chi connectivity index (χ3v) is 4.43. The average molecular weight is 395 g/mol. The summed E-state index contributed by atoms with van der Waals surface area (Å²) in [5, 5.41) is 14.1. The normalized spacial score (nSPS) is 11.6. The Morgan fingerprint density at radius 3 is 2.64 bits per heavy atom. The zero-order valence-corrected chi connectivity index (χ0v) is 15.5. The lowest BCUT2D eigenvalue weighted by Gasteiger charge is -2.15. The molecule has 2 N–H and O–H groups in total. The number of nitrogens with two attached hydrogens (primary N) is 1. The lowest BCUT2D eigenvalue weighted by Crippen LogP contribution is -2.15. The molecule has 1 atom stereocenters. The smallest absolute Gasteiger partial charge is 0.176 e. The zero-order chi connectivity index (χ0) is 18.8. The van der Waals surface area contributed by atoms with Crippen molar-refractivity contribution in [2.45, 2.75) is 12.5 Å². The minimum absolute atomic E-state index is 0. The largest absolute Gasteiger partial charge is 0.356 e. The van der Waals surface area contributed by atoms with Crippen LogP contribution in [0.3, 0.4) is 0 Å². The van der Waals surface area contributed by atoms with Crippen LogP contribution in [0, 0.1) is 17.1 Å². The van der Waals surface area contributed by atoms with E-state index in [2.05, 4.69) is 10.1 Å². The number of rotatable bonds is 4. The maximum atomic E-state index is 13.5. The van der Waals surface area contributed by atoms with E-state index >= 15 is 0 Å². The van der Waals surface area contributed by atoms with Crippen LogP contribution in [-0.2, 0) is 6.42 Å². The molecule has 0 bridgehead atoms. The van der Waals surface area contributed by atoms with Crippen molar-refractivity contribution in [1.82, 2.24) is 10.1 Å². The third kappa shape index (κ3) is 3.58. The summed E-state index contributed by atoms with van der Waals surface area (Å²) in [6.45, 7) is 0. The molecule has 0 aliphatic rings. The molecule has 0 aliphatic heterocycles. The highest BCUT2D eigenvalue weighted by Crippen LogP contribution is 2.33. The van der Waals surface area contributed by atoms with Crippen molar-refractivity contribution in [2.24, 2.45) is 5.73 Å². The summed E-state index contributed by atoms with van der Waals surface area (Å²) in [6.07, 6.45) is 0.363. The second kappa shape index (κ2) is 8.17. The van der Waals surface area contributed by atoms with E-state index in [1.54, 1.807) is 12.1 Å². The maximum absolute atomic E-state index is 13.5. The van der Waals surface area contributed by atoms with Crippen LogP contribution in [0.1, 0.15) is 23.0 Å². The number of fused-ring (bicyclic) bond motifs is 1. The highest BCUT2D eigenvalue weighted by Gasteiger charge is 2.18. The average Bonchev–Trinajstić information content (AvgIpc) is 3.13. The van der Waals surface area contributed by atoms with Crippen molar-refractivity contribution < 1.29 is 8.91 Å². The molecule has 2 heterocycles. The number of benzene rings is 2. The molecule has 1 unspecified atom stereocenters. The summed E-state index contributed by atoms with van der Waals surface area (Å²) in [5.74, 6) is -0.635. The summed E-state index contributed by atoms with van der Waals surface area (Å²) < 4.78 is 18.9. The van der Waals surface area contributed by atoms with Crippen LogP contribution in [0.25, 0.3) is 22.2 Å². The first kappa shape index (κ1) is 19.5. The van der Waals surface area contributed by atoms with Crippen molar-refractivity contribution in [1.29, 1.82) is 5.26 Å². The molecule has 5 nitrogen and oxygen atoms in total. The molecule has 0 saturated heterocycles. The standard InChI is InChI=1S/C21H15FN4O.ClH/c22-17-10-9-13(25-19(17)12-23)11-18(24)14-5-1-2-6-15(14)21-16-7-3-4-8-20(16)27-26-21;/h1-10,18H,11,24H2;1H. The fraction of sp³-hybridized carbons (Fsp3) is 0.0952. The Labute approximate surface area is 167 Å². The summed E-state index contributed by atoms with van der Waals surface area (Å²) >= 11 is 0. The van der Waals surface area contributed by atoms with E-state index in [9.17, 15) is 4.39 Å². The highest BCUT2D eigenvalue weighted by atomic mass is 35.5. The molecule has 0 fully saturated rings. The van der Waals surface area contributed by atoms with E-state index in [1.165, 1.54) is 6.07 Å². The van der Waals surface area contributed by atoms with Gasteiger partial charge in [-0.1, -0.05) is 41.6 Å². The fourth-order valence-corrected chi connectivity index (χ4v) is 3.13. The van der Waals surface area contributed by atoms with Crippen LogP contribution < -0.4 is 5.73 Å². The van der Waals surface area contributed by atoms with Crippen LogP contribution in [0.5, 0.6) is 0 Å². The zero-order valence-electron chi connectivity index (χ0n) is 14.7. The first-order valence-electron chi connectivity index (χ1n) is 8.42. The van der Waals surface area contributed by atoms with Gasteiger partial charge in [-0.15, -0.1) is 12.4 Å². The molecule has 0 aliphatic carbocycles. The van der Waals surface area contributed by atoms with Gasteiger partial charge in [-0.25, -0.2) is 9.37 Å². The van der Waals surface area contributed by atoms with Crippen LogP contribution in [0.15, 0.2) is 65.2 Å². The van der Waals surface area contributed by atoms with Crippen LogP contribution in [0.2, 0.25) is 0 Å². The molecule has 4 rings (SSSR count). The minimum atomic E-state index is -0.635. The molecule has 2 aromatic heterocycles. The molecule has 0 radical (unpaired) electrons. The fourth-order valence-electron chi connectivity index (χ4n) is 3.13. The second-order valence-corrected chi connectivity index (χ2v) is 6.17. The first-order chi connectivity index (χ1) is 13.2. The SMILES string of the molecule is Cl.N#Cc1nc(CC(N)c2ccccc2-c2noc3ccccc23)ccc1F. The van der Waals surface area contributed by atoms with Gasteiger partial charge in [-0.2, -0.15) is 5.26 Å². The second-order valence-electron chi connectivity index (χ2n) is 6.17. The van der Waals surface area contributed by atoms with Crippen LogP contribution in [0.4, 0.5) is 4.39 Å². The number of halogens is 2. The molecule has 28 heavy (non-hydrogen) atoms. The van der Waals surface area contributed by atoms with E-state index in [0.29, 0.717) is 17.7 Å². The summed E-state index contributed by atoms with van der Waals surface area (Å²) in [6, 6.07) is 19.5. The number of aromatic nitrogens is 2. The number of nitrogens with zero attached hydrogens (tertiary/aromatic N) is 3. The molecule has 7 heteroatoms. The van der Waals surface area contributed by atoms with E-state index in [0.717, 1.165) is 22.2 Å². The molecule has 0 amide bonds. The first-order valence-corrected chi connectivity index (χ1v) is 8.42. The van der Waals surface area contributed by atoms with Crippen molar-refractivity contribution in [3.8, 4) is 17.3 Å². The van der Waals surface area contributed by atoms with Crippen molar-refractivity contribution in [2.75, 3.05) is 0 Å².